The van der Waals surface area contributed by atoms with Crippen molar-refractivity contribution in [1.29, 1.82) is 0 Å². The van der Waals surface area contributed by atoms with Crippen molar-refractivity contribution in [3.8, 4) is 11.5 Å². The first kappa shape index (κ1) is 25.7. The van der Waals surface area contributed by atoms with Crippen LogP contribution in [0.3, 0.4) is 0 Å². The van der Waals surface area contributed by atoms with E-state index >= 15 is 0 Å². The first-order valence-corrected chi connectivity index (χ1v) is 10.8. The molecule has 0 spiro atoms. The molecule has 8 nitrogen and oxygen atoms in total. The average molecular weight is 500 g/mol. The quantitative estimate of drug-likeness (QED) is 0.276. The van der Waals surface area contributed by atoms with Gasteiger partial charge in [0, 0.05) is 11.6 Å². The third kappa shape index (κ3) is 8.16. The second-order valence-electron chi connectivity index (χ2n) is 6.27. The maximum absolute atomic E-state index is 12.5. The first-order valence-electron chi connectivity index (χ1n) is 9.64. The lowest BCUT2D eigenvalue weighted by Crippen LogP contribution is -2.51. The highest BCUT2D eigenvalue weighted by molar-refractivity contribution is 7.80. The maximum atomic E-state index is 12.5. The zero-order valence-electron chi connectivity index (χ0n) is 17.4. The number of thiocarbonyl (C=S) groups is 1. The minimum atomic E-state index is -0.904. The minimum absolute atomic E-state index is 0.107. The summed E-state index contributed by atoms with van der Waals surface area (Å²) >= 11 is 17.0. The molecule has 3 N–H and O–H groups in total. The van der Waals surface area contributed by atoms with E-state index in [2.05, 4.69) is 16.2 Å². The van der Waals surface area contributed by atoms with E-state index < -0.39 is 17.9 Å². The van der Waals surface area contributed by atoms with Crippen LogP contribution < -0.4 is 25.6 Å². The van der Waals surface area contributed by atoms with E-state index in [4.69, 9.17) is 49.6 Å². The summed E-state index contributed by atoms with van der Waals surface area (Å²) in [4.78, 5) is 24.8. The molecule has 2 aromatic carbocycles. The molecule has 0 saturated heterocycles. The summed E-state index contributed by atoms with van der Waals surface area (Å²) in [5, 5.41) is 3.09. The monoisotopic (exact) mass is 499 g/mol. The zero-order valence-corrected chi connectivity index (χ0v) is 19.8. The van der Waals surface area contributed by atoms with Crippen LogP contribution in [0.4, 0.5) is 0 Å². The van der Waals surface area contributed by atoms with Gasteiger partial charge in [0.05, 0.1) is 17.2 Å². The minimum Gasteiger partial charge on any atom is -0.490 e. The van der Waals surface area contributed by atoms with Crippen LogP contribution >= 0.6 is 35.4 Å². The Morgan fingerprint density at radius 3 is 2.53 bits per heavy atom. The fraction of sp³-hybridized carbons (Fsp3) is 0.286. The molecule has 0 aliphatic rings. The van der Waals surface area contributed by atoms with Gasteiger partial charge in [0.15, 0.2) is 11.2 Å². The third-order valence-electron chi connectivity index (χ3n) is 3.91. The lowest BCUT2D eigenvalue weighted by atomic mass is 10.2. The molecule has 2 aromatic rings. The number of hydrogen-bond donors (Lipinski definition) is 3. The normalized spacial score (nSPS) is 11.2. The molecular weight excluding hydrogens is 477 g/mol. The van der Waals surface area contributed by atoms with Crippen molar-refractivity contribution in [2.75, 3.05) is 19.8 Å². The third-order valence-corrected chi connectivity index (χ3v) is 4.65. The van der Waals surface area contributed by atoms with Crippen molar-refractivity contribution >= 4 is 52.3 Å². The molecule has 1 atom stereocenters. The van der Waals surface area contributed by atoms with Gasteiger partial charge in [0.25, 0.3) is 11.8 Å². The van der Waals surface area contributed by atoms with Crippen LogP contribution in [-0.4, -0.2) is 42.9 Å². The molecule has 0 aliphatic heterocycles. The molecule has 172 valence electrons. The number of hydrazine groups is 1. The summed E-state index contributed by atoms with van der Waals surface area (Å²) in [6.07, 6.45) is -0.904. The number of nitrogens with one attached hydrogen (secondary N) is 3. The molecule has 11 heteroatoms. The van der Waals surface area contributed by atoms with Crippen LogP contribution in [0, 0.1) is 0 Å². The summed E-state index contributed by atoms with van der Waals surface area (Å²) in [6.45, 7) is 4.69. The molecule has 0 aromatic heterocycles. The number of carbonyl (C=O) groups excluding carboxylic acids is 2. The molecule has 0 bridgehead atoms. The lowest BCUT2D eigenvalue weighted by Gasteiger charge is -2.17. The highest BCUT2D eigenvalue weighted by atomic mass is 35.5. The molecule has 32 heavy (non-hydrogen) atoms. The van der Waals surface area contributed by atoms with E-state index in [1.807, 2.05) is 6.92 Å². The molecule has 0 radical (unpaired) electrons. The molecular formula is C21H23Cl2N3O5S. The van der Waals surface area contributed by atoms with Crippen molar-refractivity contribution in [3.63, 3.8) is 0 Å². The predicted octanol–water partition coefficient (Wildman–Crippen LogP) is 3.51. The van der Waals surface area contributed by atoms with E-state index in [9.17, 15) is 9.59 Å². The maximum Gasteiger partial charge on any atom is 0.279 e. The smallest absolute Gasteiger partial charge is 0.279 e. The largest absolute Gasteiger partial charge is 0.490 e. The van der Waals surface area contributed by atoms with Crippen molar-refractivity contribution in [1.82, 2.24) is 16.2 Å². The number of carbonyl (C=O) groups is 2. The Balaban J connectivity index is 1.84. The van der Waals surface area contributed by atoms with Gasteiger partial charge >= 0.3 is 0 Å². The number of benzene rings is 2. The molecule has 0 aliphatic carbocycles. The number of amides is 2. The van der Waals surface area contributed by atoms with Crippen LogP contribution in [0.5, 0.6) is 11.5 Å². The Bertz CT molecular complexity index is 961. The Morgan fingerprint density at radius 1 is 1.06 bits per heavy atom. The Kier molecular flexibility index (Phi) is 10.5. The van der Waals surface area contributed by atoms with Gasteiger partial charge < -0.3 is 14.2 Å². The molecule has 0 heterocycles. The standard InChI is InChI=1S/C21H23Cl2N3O5S/c1-3-29-10-11-30-17-7-5-4-6-15(17)20(28)24-21(32)26-25-19(27)13(2)31-18-9-8-14(22)12-16(18)23/h4-9,12-13H,3,10-11H2,1-2H3,(H,25,27)(H2,24,26,28,32). The second-order valence-corrected chi connectivity index (χ2v) is 7.53. The number of para-hydroxylation sites is 1. The van der Waals surface area contributed by atoms with E-state index in [0.717, 1.165) is 0 Å². The van der Waals surface area contributed by atoms with E-state index in [-0.39, 0.29) is 15.7 Å². The number of ether oxygens (including phenoxy) is 3. The van der Waals surface area contributed by atoms with Crippen LogP contribution in [0.1, 0.15) is 24.2 Å². The van der Waals surface area contributed by atoms with Crippen molar-refractivity contribution < 1.29 is 23.8 Å². The van der Waals surface area contributed by atoms with Crippen molar-refractivity contribution in [2.24, 2.45) is 0 Å². The van der Waals surface area contributed by atoms with Crippen molar-refractivity contribution in [2.45, 2.75) is 20.0 Å². The molecule has 1 unspecified atom stereocenters. The van der Waals surface area contributed by atoms with E-state index in [1.54, 1.807) is 36.4 Å². The Morgan fingerprint density at radius 2 is 1.81 bits per heavy atom. The van der Waals surface area contributed by atoms with Gasteiger partial charge in [-0.2, -0.15) is 0 Å². The van der Waals surface area contributed by atoms with Gasteiger partial charge in [0.2, 0.25) is 0 Å². The number of hydrogen-bond acceptors (Lipinski definition) is 6. The van der Waals surface area contributed by atoms with Crippen LogP contribution in [0.2, 0.25) is 10.0 Å². The topological polar surface area (TPSA) is 97.9 Å². The lowest BCUT2D eigenvalue weighted by molar-refractivity contribution is -0.127. The summed E-state index contributed by atoms with van der Waals surface area (Å²) < 4.78 is 16.3. The number of rotatable bonds is 9. The van der Waals surface area contributed by atoms with Crippen LogP contribution in [0.15, 0.2) is 42.5 Å². The highest BCUT2D eigenvalue weighted by Gasteiger charge is 2.18. The highest BCUT2D eigenvalue weighted by Crippen LogP contribution is 2.28. The summed E-state index contributed by atoms with van der Waals surface area (Å²) in [5.74, 6) is -0.345. The summed E-state index contributed by atoms with van der Waals surface area (Å²) in [7, 11) is 0. The summed E-state index contributed by atoms with van der Waals surface area (Å²) in [5.41, 5.74) is 5.11. The van der Waals surface area contributed by atoms with E-state index in [1.165, 1.54) is 13.0 Å². The van der Waals surface area contributed by atoms with E-state index in [0.29, 0.717) is 36.3 Å². The van der Waals surface area contributed by atoms with Crippen molar-refractivity contribution in [3.05, 3.63) is 58.1 Å². The van der Waals surface area contributed by atoms with Gasteiger partial charge in [-0.3, -0.25) is 25.8 Å². The molecule has 2 amide bonds. The second kappa shape index (κ2) is 13.1. The SMILES string of the molecule is CCOCCOc1ccccc1C(=O)NC(=S)NNC(=O)C(C)Oc1ccc(Cl)cc1Cl. The first-order chi connectivity index (χ1) is 15.3. The fourth-order valence-corrected chi connectivity index (χ4v) is 2.97. The molecule has 0 fully saturated rings. The van der Waals surface area contributed by atoms with Crippen LogP contribution in [-0.2, 0) is 9.53 Å². The summed E-state index contributed by atoms with van der Waals surface area (Å²) in [6, 6.07) is 11.4. The molecule has 2 rings (SSSR count). The Labute approximate surface area is 201 Å². The van der Waals surface area contributed by atoms with Gasteiger partial charge in [-0.1, -0.05) is 35.3 Å². The zero-order chi connectivity index (χ0) is 23.5. The van der Waals surface area contributed by atoms with Gasteiger partial charge in [-0.25, -0.2) is 0 Å². The predicted molar refractivity (Wildman–Crippen MR) is 126 cm³/mol. The Hall–Kier alpha value is -2.59. The van der Waals surface area contributed by atoms with Crippen LogP contribution in [0.25, 0.3) is 0 Å². The average Bonchev–Trinajstić information content (AvgIpc) is 2.77. The number of halogens is 2. The molecule has 0 saturated carbocycles. The van der Waals surface area contributed by atoms with Gasteiger partial charge in [-0.15, -0.1) is 0 Å². The fourth-order valence-electron chi connectivity index (χ4n) is 2.37. The van der Waals surface area contributed by atoms with Gasteiger partial charge in [-0.05, 0) is 56.4 Å². The van der Waals surface area contributed by atoms with Gasteiger partial charge in [0.1, 0.15) is 18.1 Å².